The van der Waals surface area contributed by atoms with Crippen LogP contribution in [0.1, 0.15) is 28.0 Å². The number of carbonyl (C=O) groups is 1. The number of aromatic nitrogens is 1. The number of benzene rings is 2. The maximum Gasteiger partial charge on any atom is 0.375 e. The molecule has 4 rings (SSSR count). The van der Waals surface area contributed by atoms with Crippen LogP contribution in [0.3, 0.4) is 0 Å². The van der Waals surface area contributed by atoms with Gasteiger partial charge in [-0.25, -0.2) is 9.78 Å². The summed E-state index contributed by atoms with van der Waals surface area (Å²) in [6.45, 7) is 2.88. The summed E-state index contributed by atoms with van der Waals surface area (Å²) in [5, 5.41) is 1.62. The number of thiazole rings is 1. The lowest BCUT2D eigenvalue weighted by Crippen LogP contribution is -2.07. The van der Waals surface area contributed by atoms with Crippen LogP contribution in [-0.4, -0.2) is 17.6 Å². The van der Waals surface area contributed by atoms with Crippen LogP contribution in [0.25, 0.3) is 21.2 Å². The molecule has 4 aromatic rings. The number of fused-ring (bicyclic) bond motifs is 2. The van der Waals surface area contributed by atoms with Crippen molar-refractivity contribution < 1.29 is 18.7 Å². The van der Waals surface area contributed by atoms with Crippen LogP contribution in [0, 0.1) is 0 Å². The smallest absolute Gasteiger partial charge is 0.375 e. The van der Waals surface area contributed by atoms with Crippen LogP contribution in [0.4, 0.5) is 0 Å². The number of hydrogen-bond donors (Lipinski definition) is 0. The molecule has 0 spiro atoms. The van der Waals surface area contributed by atoms with E-state index < -0.39 is 5.97 Å². The molecule has 5 nitrogen and oxygen atoms in total. The van der Waals surface area contributed by atoms with Crippen molar-refractivity contribution in [2.75, 3.05) is 6.61 Å². The van der Waals surface area contributed by atoms with Crippen LogP contribution in [0.15, 0.2) is 52.9 Å². The zero-order valence-corrected chi connectivity index (χ0v) is 15.0. The predicted molar refractivity (Wildman–Crippen MR) is 100 cm³/mol. The number of carbonyl (C=O) groups excluding carboxylic acids is 1. The van der Waals surface area contributed by atoms with E-state index in [9.17, 15) is 4.79 Å². The molecule has 2 heterocycles. The van der Waals surface area contributed by atoms with Crippen molar-refractivity contribution in [3.63, 3.8) is 0 Å². The van der Waals surface area contributed by atoms with Gasteiger partial charge in [0.05, 0.1) is 16.8 Å². The fourth-order valence-corrected chi connectivity index (χ4v) is 3.67. The van der Waals surface area contributed by atoms with Crippen molar-refractivity contribution in [1.29, 1.82) is 0 Å². The molecule has 0 saturated carbocycles. The Balaban J connectivity index is 1.57. The molecule has 0 bridgehead atoms. The summed E-state index contributed by atoms with van der Waals surface area (Å²) in [4.78, 5) is 17.1. The molecule has 0 fully saturated rings. The van der Waals surface area contributed by atoms with Gasteiger partial charge in [-0.15, -0.1) is 11.3 Å². The summed E-state index contributed by atoms with van der Waals surface area (Å²) >= 11 is 1.51. The Kier molecular flexibility index (Phi) is 4.69. The van der Waals surface area contributed by atoms with Crippen LogP contribution in [0.2, 0.25) is 0 Å². The molecule has 0 N–H and O–H groups in total. The lowest BCUT2D eigenvalue weighted by molar-refractivity contribution is 0.0430. The Bertz CT molecular complexity index is 1030. The predicted octanol–water partition coefficient (Wildman–Crippen LogP) is 4.94. The Morgan fingerprint density at radius 2 is 1.92 bits per heavy atom. The average molecular weight is 367 g/mol. The Morgan fingerprint density at radius 1 is 1.12 bits per heavy atom. The Morgan fingerprint density at radius 3 is 2.77 bits per heavy atom. The average Bonchev–Trinajstić information content (AvgIpc) is 3.25. The fourth-order valence-electron chi connectivity index (χ4n) is 2.79. The number of esters is 1. The number of ether oxygens (including phenoxy) is 2. The summed E-state index contributed by atoms with van der Waals surface area (Å²) in [5.41, 5.74) is 2.27. The van der Waals surface area contributed by atoms with Gasteiger partial charge < -0.3 is 13.9 Å². The normalized spacial score (nSPS) is 11.3. The second-order valence-corrected chi connectivity index (χ2v) is 6.81. The molecule has 0 amide bonds. The van der Waals surface area contributed by atoms with E-state index in [0.29, 0.717) is 18.8 Å². The monoisotopic (exact) mass is 367 g/mol. The fraction of sp³-hybridized carbons (Fsp3) is 0.200. The van der Waals surface area contributed by atoms with Gasteiger partial charge in [-0.3, -0.25) is 0 Å². The highest BCUT2D eigenvalue weighted by Crippen LogP contribution is 2.28. The van der Waals surface area contributed by atoms with Crippen molar-refractivity contribution in [3.8, 4) is 0 Å². The third kappa shape index (κ3) is 3.21. The van der Waals surface area contributed by atoms with E-state index in [1.54, 1.807) is 0 Å². The maximum atomic E-state index is 12.6. The van der Waals surface area contributed by atoms with Gasteiger partial charge in [-0.1, -0.05) is 30.3 Å². The molecule has 0 aliphatic rings. The maximum absolute atomic E-state index is 12.6. The van der Waals surface area contributed by atoms with E-state index in [1.165, 1.54) is 11.3 Å². The number of furan rings is 1. The second kappa shape index (κ2) is 7.27. The minimum absolute atomic E-state index is 0.114. The molecule has 132 valence electrons. The minimum atomic E-state index is -0.504. The third-order valence-corrected chi connectivity index (χ3v) is 5.01. The van der Waals surface area contributed by atoms with E-state index in [-0.39, 0.29) is 12.4 Å². The lowest BCUT2D eigenvalue weighted by atomic mass is 10.1. The Labute approximate surface area is 154 Å². The molecule has 2 aromatic carbocycles. The second-order valence-electron chi connectivity index (χ2n) is 5.69. The van der Waals surface area contributed by atoms with E-state index in [0.717, 1.165) is 26.2 Å². The number of rotatable bonds is 6. The van der Waals surface area contributed by atoms with Gasteiger partial charge in [0.2, 0.25) is 5.76 Å². The van der Waals surface area contributed by atoms with Crippen molar-refractivity contribution in [2.24, 2.45) is 0 Å². The molecule has 26 heavy (non-hydrogen) atoms. The third-order valence-electron chi connectivity index (χ3n) is 4.00. The topological polar surface area (TPSA) is 61.6 Å². The quantitative estimate of drug-likeness (QED) is 0.452. The van der Waals surface area contributed by atoms with Gasteiger partial charge in [-0.2, -0.15) is 0 Å². The highest BCUT2D eigenvalue weighted by Gasteiger charge is 2.22. The highest BCUT2D eigenvalue weighted by molar-refractivity contribution is 7.18. The Hall–Kier alpha value is -2.70. The largest absolute Gasteiger partial charge is 0.452 e. The zero-order valence-electron chi connectivity index (χ0n) is 14.2. The SMILES string of the molecule is CCOCc1c(C(=O)OCc2nc3ccccc3s2)oc2ccccc12. The first-order chi connectivity index (χ1) is 12.8. The van der Waals surface area contributed by atoms with E-state index in [2.05, 4.69) is 4.98 Å². The lowest BCUT2D eigenvalue weighted by Gasteiger charge is -2.04. The molecule has 0 atom stereocenters. The molecule has 0 aliphatic heterocycles. The van der Waals surface area contributed by atoms with Crippen molar-refractivity contribution in [1.82, 2.24) is 4.98 Å². The van der Waals surface area contributed by atoms with Gasteiger partial charge in [0.15, 0.2) is 0 Å². The van der Waals surface area contributed by atoms with Crippen molar-refractivity contribution in [2.45, 2.75) is 20.1 Å². The summed E-state index contributed by atoms with van der Waals surface area (Å²) in [6.07, 6.45) is 0. The molecular formula is C20H17NO4S. The van der Waals surface area contributed by atoms with Gasteiger partial charge in [0.1, 0.15) is 17.2 Å². The van der Waals surface area contributed by atoms with E-state index in [4.69, 9.17) is 13.9 Å². The summed E-state index contributed by atoms with van der Waals surface area (Å²) in [6, 6.07) is 15.4. The number of hydrogen-bond acceptors (Lipinski definition) is 6. The summed E-state index contributed by atoms with van der Waals surface area (Å²) in [5.74, 6) is -0.309. The first kappa shape index (κ1) is 16.8. The molecule has 0 radical (unpaired) electrons. The van der Waals surface area contributed by atoms with Crippen LogP contribution in [-0.2, 0) is 22.7 Å². The molecule has 2 aromatic heterocycles. The highest BCUT2D eigenvalue weighted by atomic mass is 32.1. The number of nitrogens with zero attached hydrogens (tertiary/aromatic N) is 1. The van der Waals surface area contributed by atoms with Crippen molar-refractivity contribution in [3.05, 3.63) is 64.9 Å². The van der Waals surface area contributed by atoms with Gasteiger partial charge in [0.25, 0.3) is 0 Å². The molecule has 0 saturated heterocycles. The molecule has 6 heteroatoms. The molecular weight excluding hydrogens is 350 g/mol. The zero-order chi connectivity index (χ0) is 17.9. The summed E-state index contributed by atoms with van der Waals surface area (Å²) < 4.78 is 17.8. The molecule has 0 aliphatic carbocycles. The van der Waals surface area contributed by atoms with E-state index >= 15 is 0 Å². The van der Waals surface area contributed by atoms with E-state index in [1.807, 2.05) is 55.5 Å². The number of para-hydroxylation sites is 2. The first-order valence-electron chi connectivity index (χ1n) is 8.36. The van der Waals surface area contributed by atoms with Crippen LogP contribution < -0.4 is 0 Å². The summed E-state index contributed by atoms with van der Waals surface area (Å²) in [7, 11) is 0. The van der Waals surface area contributed by atoms with Crippen LogP contribution in [0.5, 0.6) is 0 Å². The minimum Gasteiger partial charge on any atom is -0.452 e. The van der Waals surface area contributed by atoms with Crippen molar-refractivity contribution >= 4 is 38.5 Å². The van der Waals surface area contributed by atoms with Gasteiger partial charge >= 0.3 is 5.97 Å². The standard InChI is InChI=1S/C20H17NO4S/c1-2-23-11-14-13-7-3-5-9-16(13)25-19(14)20(22)24-12-18-21-15-8-4-6-10-17(15)26-18/h3-10H,2,11-12H2,1H3. The van der Waals surface area contributed by atoms with Gasteiger partial charge in [-0.05, 0) is 25.1 Å². The van der Waals surface area contributed by atoms with Gasteiger partial charge in [0, 0.05) is 17.6 Å². The van der Waals surface area contributed by atoms with Crippen LogP contribution >= 0.6 is 11.3 Å². The molecule has 0 unspecified atom stereocenters. The first-order valence-corrected chi connectivity index (χ1v) is 9.17.